The minimum absolute atomic E-state index is 0.378. The van der Waals surface area contributed by atoms with Crippen LogP contribution in [0, 0.1) is 0 Å². The molecule has 0 saturated carbocycles. The minimum Gasteiger partial charge on any atom is -0.392 e. The van der Waals surface area contributed by atoms with Gasteiger partial charge in [0.2, 0.25) is 0 Å². The van der Waals surface area contributed by atoms with E-state index in [0.717, 1.165) is 18.7 Å². The molecule has 0 aromatic heterocycles. The second-order valence-corrected chi connectivity index (χ2v) is 4.48. The van der Waals surface area contributed by atoms with Gasteiger partial charge in [-0.2, -0.15) is 0 Å². The molecule has 0 aliphatic carbocycles. The van der Waals surface area contributed by atoms with Crippen LogP contribution in [0.1, 0.15) is 20.3 Å². The van der Waals surface area contributed by atoms with E-state index in [1.807, 2.05) is 35.2 Å². The monoisotopic (exact) mass is 252 g/mol. The maximum atomic E-state index is 9.44. The van der Waals surface area contributed by atoms with Gasteiger partial charge in [-0.15, -0.1) is 0 Å². The third-order valence-corrected chi connectivity index (χ3v) is 2.65. The van der Waals surface area contributed by atoms with Crippen LogP contribution in [0.15, 0.2) is 30.3 Å². The van der Waals surface area contributed by atoms with Gasteiger partial charge < -0.3 is 15.3 Å². The largest absolute Gasteiger partial charge is 0.392 e. The molecule has 0 amide bonds. The number of benzene rings is 1. The Balaban J connectivity index is 2.59. The topological polar surface area (TPSA) is 35.5 Å². The maximum Gasteiger partial charge on any atom is 0.173 e. The average Bonchev–Trinajstić information content (AvgIpc) is 2.29. The van der Waals surface area contributed by atoms with Crippen LogP contribution in [0.2, 0.25) is 0 Å². The zero-order valence-corrected chi connectivity index (χ0v) is 11.2. The Morgan fingerprint density at radius 2 is 2.06 bits per heavy atom. The number of aliphatic hydroxyl groups is 1. The highest BCUT2D eigenvalue weighted by atomic mass is 32.1. The van der Waals surface area contributed by atoms with Crippen molar-refractivity contribution in [2.45, 2.75) is 26.4 Å². The number of rotatable bonds is 5. The van der Waals surface area contributed by atoms with Crippen LogP contribution < -0.4 is 5.32 Å². The molecule has 1 rings (SSSR count). The summed E-state index contributed by atoms with van der Waals surface area (Å²) in [7, 11) is 0. The number of aliphatic hydroxyl groups excluding tert-OH is 1. The summed E-state index contributed by atoms with van der Waals surface area (Å²) in [6.45, 7) is 5.28. The first-order valence-electron chi connectivity index (χ1n) is 5.92. The number of para-hydroxylation sites is 1. The van der Waals surface area contributed by atoms with Gasteiger partial charge in [-0.1, -0.05) is 25.1 Å². The summed E-state index contributed by atoms with van der Waals surface area (Å²) >= 11 is 5.35. The second-order valence-electron chi connectivity index (χ2n) is 4.09. The second kappa shape index (κ2) is 7.25. The van der Waals surface area contributed by atoms with Gasteiger partial charge in [-0.05, 0) is 37.7 Å². The van der Waals surface area contributed by atoms with E-state index in [2.05, 4.69) is 12.2 Å². The molecule has 0 aliphatic heterocycles. The Hall–Kier alpha value is -1.13. The van der Waals surface area contributed by atoms with Crippen molar-refractivity contribution >= 4 is 23.0 Å². The normalized spacial score (nSPS) is 11.9. The van der Waals surface area contributed by atoms with Crippen molar-refractivity contribution in [1.82, 2.24) is 4.90 Å². The lowest BCUT2D eigenvalue weighted by Crippen LogP contribution is -2.39. The summed E-state index contributed by atoms with van der Waals surface area (Å²) < 4.78 is 0. The molecule has 0 aliphatic rings. The number of nitrogens with one attached hydrogen (secondary N) is 1. The van der Waals surface area contributed by atoms with E-state index in [0.29, 0.717) is 11.7 Å². The highest BCUT2D eigenvalue weighted by molar-refractivity contribution is 7.80. The van der Waals surface area contributed by atoms with E-state index in [-0.39, 0.29) is 6.10 Å². The summed E-state index contributed by atoms with van der Waals surface area (Å²) in [5.74, 6) is 0. The Morgan fingerprint density at radius 3 is 2.59 bits per heavy atom. The Morgan fingerprint density at radius 1 is 1.41 bits per heavy atom. The quantitative estimate of drug-likeness (QED) is 0.789. The van der Waals surface area contributed by atoms with Gasteiger partial charge in [-0.3, -0.25) is 0 Å². The summed E-state index contributed by atoms with van der Waals surface area (Å²) in [6, 6.07) is 9.83. The van der Waals surface area contributed by atoms with Gasteiger partial charge in [0.1, 0.15) is 0 Å². The minimum atomic E-state index is -0.378. The van der Waals surface area contributed by atoms with Gasteiger partial charge in [0.05, 0.1) is 6.10 Å². The van der Waals surface area contributed by atoms with Gasteiger partial charge >= 0.3 is 0 Å². The van der Waals surface area contributed by atoms with Crippen molar-refractivity contribution in [3.05, 3.63) is 30.3 Å². The molecule has 0 unspecified atom stereocenters. The first kappa shape index (κ1) is 13.9. The molecule has 17 heavy (non-hydrogen) atoms. The lowest BCUT2D eigenvalue weighted by molar-refractivity contribution is 0.160. The molecule has 3 nitrogen and oxygen atoms in total. The van der Waals surface area contributed by atoms with Crippen LogP contribution in [0.25, 0.3) is 0 Å². The summed E-state index contributed by atoms with van der Waals surface area (Å²) in [5.41, 5.74) is 0.976. The average molecular weight is 252 g/mol. The fourth-order valence-electron chi connectivity index (χ4n) is 1.59. The highest BCUT2D eigenvalue weighted by Crippen LogP contribution is 2.07. The third-order valence-electron chi connectivity index (χ3n) is 2.29. The zero-order valence-electron chi connectivity index (χ0n) is 10.4. The van der Waals surface area contributed by atoms with Crippen molar-refractivity contribution in [3.63, 3.8) is 0 Å². The molecule has 0 bridgehead atoms. The summed E-state index contributed by atoms with van der Waals surface area (Å²) in [6.07, 6.45) is 0.626. The number of hydrogen-bond donors (Lipinski definition) is 2. The predicted octanol–water partition coefficient (Wildman–Crippen LogP) is 2.48. The Kier molecular flexibility index (Phi) is 5.94. The van der Waals surface area contributed by atoms with Crippen molar-refractivity contribution < 1.29 is 5.11 Å². The predicted molar refractivity (Wildman–Crippen MR) is 76.2 cm³/mol. The molecule has 1 atom stereocenters. The van der Waals surface area contributed by atoms with E-state index in [9.17, 15) is 5.11 Å². The van der Waals surface area contributed by atoms with Gasteiger partial charge in [0.25, 0.3) is 0 Å². The molecule has 0 radical (unpaired) electrons. The Bertz CT molecular complexity index is 341. The van der Waals surface area contributed by atoms with E-state index in [4.69, 9.17) is 12.2 Å². The summed E-state index contributed by atoms with van der Waals surface area (Å²) in [4.78, 5) is 1.99. The fourth-order valence-corrected chi connectivity index (χ4v) is 1.87. The van der Waals surface area contributed by atoms with Crippen LogP contribution in [0.3, 0.4) is 0 Å². The van der Waals surface area contributed by atoms with Crippen molar-refractivity contribution in [3.8, 4) is 0 Å². The van der Waals surface area contributed by atoms with E-state index in [1.54, 1.807) is 6.92 Å². The molecule has 0 heterocycles. The third kappa shape index (κ3) is 5.15. The lowest BCUT2D eigenvalue weighted by Gasteiger charge is -2.26. The first-order chi connectivity index (χ1) is 8.13. The van der Waals surface area contributed by atoms with Crippen LogP contribution in [0.5, 0.6) is 0 Å². The number of anilines is 1. The summed E-state index contributed by atoms with van der Waals surface area (Å²) in [5, 5.41) is 13.3. The molecule has 2 N–H and O–H groups in total. The molecule has 1 aromatic carbocycles. The molecule has 0 fully saturated rings. The van der Waals surface area contributed by atoms with Crippen LogP contribution >= 0.6 is 12.2 Å². The standard InChI is InChI=1S/C13H20N2OS/c1-3-9-15(10-11(2)16)13(17)14-12-7-5-4-6-8-12/h4-8,11,16H,3,9-10H2,1-2H3,(H,14,17)/t11-/m0/s1. The van der Waals surface area contributed by atoms with Crippen LogP contribution in [0.4, 0.5) is 5.69 Å². The molecular formula is C13H20N2OS. The molecular weight excluding hydrogens is 232 g/mol. The SMILES string of the molecule is CCCN(C[C@H](C)O)C(=S)Nc1ccccc1. The molecule has 94 valence electrons. The van der Waals surface area contributed by atoms with Crippen molar-refractivity contribution in [2.24, 2.45) is 0 Å². The van der Waals surface area contributed by atoms with Crippen molar-refractivity contribution in [1.29, 1.82) is 0 Å². The molecule has 0 saturated heterocycles. The first-order valence-corrected chi connectivity index (χ1v) is 6.33. The van der Waals surface area contributed by atoms with E-state index >= 15 is 0 Å². The van der Waals surface area contributed by atoms with Crippen LogP contribution in [-0.4, -0.2) is 34.3 Å². The van der Waals surface area contributed by atoms with Gasteiger partial charge in [-0.25, -0.2) is 0 Å². The smallest absolute Gasteiger partial charge is 0.173 e. The zero-order chi connectivity index (χ0) is 12.7. The van der Waals surface area contributed by atoms with E-state index in [1.165, 1.54) is 0 Å². The maximum absolute atomic E-state index is 9.44. The Labute approximate surface area is 108 Å². The number of thiocarbonyl (C=S) groups is 1. The van der Waals surface area contributed by atoms with Crippen molar-refractivity contribution in [2.75, 3.05) is 18.4 Å². The van der Waals surface area contributed by atoms with E-state index < -0.39 is 0 Å². The molecule has 1 aromatic rings. The highest BCUT2D eigenvalue weighted by Gasteiger charge is 2.11. The molecule has 0 spiro atoms. The fraction of sp³-hybridized carbons (Fsp3) is 0.462. The molecule has 4 heteroatoms. The van der Waals surface area contributed by atoms with Crippen LogP contribution in [-0.2, 0) is 0 Å². The number of nitrogens with zero attached hydrogens (tertiary/aromatic N) is 1. The number of hydrogen-bond acceptors (Lipinski definition) is 2. The van der Waals surface area contributed by atoms with Gasteiger partial charge in [0, 0.05) is 18.8 Å². The lowest BCUT2D eigenvalue weighted by atomic mass is 10.3. The van der Waals surface area contributed by atoms with Gasteiger partial charge in [0.15, 0.2) is 5.11 Å².